The first-order valence-corrected chi connectivity index (χ1v) is 4.68. The molecule has 1 N–H and O–H groups in total. The second-order valence-corrected chi connectivity index (χ2v) is 3.63. The van der Waals surface area contributed by atoms with Crippen molar-refractivity contribution >= 4 is 11.9 Å². The number of aromatic nitrogens is 1. The van der Waals surface area contributed by atoms with Gasteiger partial charge in [0.15, 0.2) is 5.75 Å². The van der Waals surface area contributed by atoms with Crippen LogP contribution in [0.25, 0.3) is 0 Å². The Morgan fingerprint density at radius 2 is 2.67 bits per heavy atom. The number of fused-ring (bicyclic) bond motifs is 1. The number of nitrogens with one attached hydrogen (secondary N) is 1. The molecule has 0 radical (unpaired) electrons. The summed E-state index contributed by atoms with van der Waals surface area (Å²) < 4.78 is 8.83. The van der Waals surface area contributed by atoms with Crippen LogP contribution in [0.2, 0.25) is 0 Å². The van der Waals surface area contributed by atoms with Crippen molar-refractivity contribution in [1.82, 2.24) is 9.71 Å². The molecule has 0 unspecified atom stereocenters. The Hall–Kier alpha value is -0.740. The Balaban J connectivity index is 2.31. The fourth-order valence-corrected chi connectivity index (χ4v) is 1.84. The van der Waals surface area contributed by atoms with Gasteiger partial charge in [0.25, 0.3) is 0 Å². The van der Waals surface area contributed by atoms with Crippen molar-refractivity contribution in [3.63, 3.8) is 0 Å². The largest absolute Gasteiger partial charge is 0.487 e. The molecule has 12 heavy (non-hydrogen) atoms. The van der Waals surface area contributed by atoms with Gasteiger partial charge in [-0.05, 0) is 24.9 Å². The predicted molar refractivity (Wildman–Crippen MR) is 48.2 cm³/mol. The molecule has 0 saturated carbocycles. The van der Waals surface area contributed by atoms with Crippen LogP contribution in [0.5, 0.6) is 5.75 Å². The van der Waals surface area contributed by atoms with Crippen LogP contribution in [0.4, 0.5) is 0 Å². The van der Waals surface area contributed by atoms with E-state index >= 15 is 0 Å². The molecule has 1 aliphatic rings. The molecule has 1 aliphatic heterocycles. The highest BCUT2D eigenvalue weighted by molar-refractivity contribution is 7.97. The molecule has 0 bridgehead atoms. The third-order valence-corrected chi connectivity index (χ3v) is 2.50. The van der Waals surface area contributed by atoms with Crippen LogP contribution in [0.3, 0.4) is 0 Å². The maximum atomic E-state index is 5.61. The highest BCUT2D eigenvalue weighted by Gasteiger charge is 2.13. The summed E-state index contributed by atoms with van der Waals surface area (Å²) in [6.45, 7) is 2.90. The summed E-state index contributed by atoms with van der Waals surface area (Å²) >= 11 is 1.60. The molecule has 1 aromatic rings. The van der Waals surface area contributed by atoms with Crippen LogP contribution >= 0.6 is 11.9 Å². The first-order valence-electron chi connectivity index (χ1n) is 3.86. The Bertz CT molecular complexity index is 280. The van der Waals surface area contributed by atoms with Crippen molar-refractivity contribution in [2.24, 2.45) is 0 Å². The Morgan fingerprint density at radius 3 is 3.58 bits per heavy atom. The number of rotatable bonds is 0. The van der Waals surface area contributed by atoms with E-state index in [1.54, 1.807) is 24.3 Å². The molecule has 2 heterocycles. The minimum atomic E-state index is 0.211. The topological polar surface area (TPSA) is 34.2 Å². The highest BCUT2D eigenvalue weighted by Crippen LogP contribution is 2.28. The van der Waals surface area contributed by atoms with E-state index in [1.807, 2.05) is 13.0 Å². The molecule has 3 nitrogen and oxygen atoms in total. The zero-order chi connectivity index (χ0) is 8.39. The molecular weight excluding hydrogens is 172 g/mol. The quantitative estimate of drug-likeness (QED) is 0.616. The number of pyridine rings is 1. The third kappa shape index (κ3) is 1.54. The van der Waals surface area contributed by atoms with Gasteiger partial charge in [-0.2, -0.15) is 0 Å². The van der Waals surface area contributed by atoms with Gasteiger partial charge in [0.2, 0.25) is 0 Å². The predicted octanol–water partition coefficient (Wildman–Crippen LogP) is 1.46. The van der Waals surface area contributed by atoms with E-state index in [0.717, 1.165) is 17.2 Å². The molecule has 0 fully saturated rings. The van der Waals surface area contributed by atoms with E-state index in [9.17, 15) is 0 Å². The van der Waals surface area contributed by atoms with Gasteiger partial charge in [0.1, 0.15) is 6.10 Å². The molecule has 0 spiro atoms. The van der Waals surface area contributed by atoms with Crippen molar-refractivity contribution < 1.29 is 4.74 Å². The van der Waals surface area contributed by atoms with Crippen LogP contribution in [-0.4, -0.2) is 17.6 Å². The highest BCUT2D eigenvalue weighted by atomic mass is 32.2. The summed E-state index contributed by atoms with van der Waals surface area (Å²) in [6, 6.07) is 1.95. The number of nitrogens with zero attached hydrogens (tertiary/aromatic N) is 1. The summed E-state index contributed by atoms with van der Waals surface area (Å²) in [6.07, 6.45) is 3.74. The third-order valence-electron chi connectivity index (χ3n) is 1.63. The van der Waals surface area contributed by atoms with Crippen LogP contribution in [0.1, 0.15) is 6.92 Å². The van der Waals surface area contributed by atoms with E-state index < -0.39 is 0 Å². The molecule has 0 saturated heterocycles. The average Bonchev–Trinajstić information content (AvgIpc) is 2.25. The van der Waals surface area contributed by atoms with Gasteiger partial charge >= 0.3 is 0 Å². The summed E-state index contributed by atoms with van der Waals surface area (Å²) in [7, 11) is 0. The first kappa shape index (κ1) is 7.89. The summed E-state index contributed by atoms with van der Waals surface area (Å²) in [5.41, 5.74) is 0. The van der Waals surface area contributed by atoms with Crippen molar-refractivity contribution in [2.45, 2.75) is 17.9 Å². The molecule has 4 heteroatoms. The van der Waals surface area contributed by atoms with E-state index in [2.05, 4.69) is 9.71 Å². The molecule has 1 aromatic heterocycles. The SMILES string of the molecule is C[C@@H]1CNSc2ccncc2O1. The summed E-state index contributed by atoms with van der Waals surface area (Å²) in [5, 5.41) is 0. The fraction of sp³-hybridized carbons (Fsp3) is 0.375. The van der Waals surface area contributed by atoms with E-state index in [4.69, 9.17) is 4.74 Å². The zero-order valence-electron chi connectivity index (χ0n) is 6.78. The van der Waals surface area contributed by atoms with Gasteiger partial charge in [0, 0.05) is 12.7 Å². The monoisotopic (exact) mass is 182 g/mol. The lowest BCUT2D eigenvalue weighted by Crippen LogP contribution is -2.22. The van der Waals surface area contributed by atoms with Crippen LogP contribution in [0, 0.1) is 0 Å². The number of ether oxygens (including phenoxy) is 1. The lowest BCUT2D eigenvalue weighted by atomic mass is 10.4. The second-order valence-electron chi connectivity index (χ2n) is 2.70. The van der Waals surface area contributed by atoms with Crippen LogP contribution in [-0.2, 0) is 0 Å². The van der Waals surface area contributed by atoms with Gasteiger partial charge in [-0.1, -0.05) is 0 Å². The minimum absolute atomic E-state index is 0.211. The Labute approximate surface area is 75.7 Å². The first-order chi connectivity index (χ1) is 5.86. The van der Waals surface area contributed by atoms with E-state index in [0.29, 0.717) is 0 Å². The molecule has 1 atom stereocenters. The van der Waals surface area contributed by atoms with Crippen molar-refractivity contribution in [3.05, 3.63) is 18.5 Å². The van der Waals surface area contributed by atoms with Crippen molar-refractivity contribution in [3.8, 4) is 5.75 Å². The van der Waals surface area contributed by atoms with Crippen molar-refractivity contribution in [1.29, 1.82) is 0 Å². The molecule has 0 aromatic carbocycles. The van der Waals surface area contributed by atoms with Gasteiger partial charge in [-0.15, -0.1) is 0 Å². The normalized spacial score (nSPS) is 22.2. The van der Waals surface area contributed by atoms with Gasteiger partial charge in [-0.3, -0.25) is 9.71 Å². The standard InChI is InChI=1S/C8H10N2OS/c1-6-4-10-12-8-2-3-9-5-7(8)11-6/h2-3,5-6,10H,4H2,1H3/t6-/m1/s1. The van der Waals surface area contributed by atoms with E-state index in [-0.39, 0.29) is 6.10 Å². The lowest BCUT2D eigenvalue weighted by molar-refractivity contribution is 0.223. The Morgan fingerprint density at radius 1 is 1.75 bits per heavy atom. The maximum absolute atomic E-state index is 5.61. The summed E-state index contributed by atoms with van der Waals surface area (Å²) in [5.74, 6) is 0.875. The molecule has 0 aliphatic carbocycles. The van der Waals surface area contributed by atoms with Gasteiger partial charge in [0.05, 0.1) is 11.1 Å². The molecule has 2 rings (SSSR count). The van der Waals surface area contributed by atoms with Crippen LogP contribution < -0.4 is 9.46 Å². The fourth-order valence-electron chi connectivity index (χ4n) is 1.04. The molecule has 0 amide bonds. The minimum Gasteiger partial charge on any atom is -0.487 e. The molecule has 64 valence electrons. The maximum Gasteiger partial charge on any atom is 0.152 e. The second kappa shape index (κ2) is 3.33. The van der Waals surface area contributed by atoms with Crippen LogP contribution in [0.15, 0.2) is 23.4 Å². The van der Waals surface area contributed by atoms with E-state index in [1.165, 1.54) is 0 Å². The smallest absolute Gasteiger partial charge is 0.152 e. The number of hydrogen-bond donors (Lipinski definition) is 1. The van der Waals surface area contributed by atoms with Crippen molar-refractivity contribution in [2.75, 3.05) is 6.54 Å². The average molecular weight is 182 g/mol. The lowest BCUT2D eigenvalue weighted by Gasteiger charge is -2.09. The Kier molecular flexibility index (Phi) is 2.19. The van der Waals surface area contributed by atoms with Gasteiger partial charge < -0.3 is 4.74 Å². The number of hydrogen-bond acceptors (Lipinski definition) is 4. The zero-order valence-corrected chi connectivity index (χ0v) is 7.60. The van der Waals surface area contributed by atoms with Gasteiger partial charge in [-0.25, -0.2) is 0 Å². The summed E-state index contributed by atoms with van der Waals surface area (Å²) in [4.78, 5) is 5.11. The molecular formula is C8H10N2OS.